The monoisotopic (exact) mass is 218 g/mol. The van der Waals surface area contributed by atoms with Crippen LogP contribution in [0.15, 0.2) is 0 Å². The Morgan fingerprint density at radius 1 is 0.533 bits per heavy atom. The summed E-state index contributed by atoms with van der Waals surface area (Å²) < 4.78 is 16.0. The van der Waals surface area contributed by atoms with Crippen LogP contribution in [-0.2, 0) is 14.2 Å². The van der Waals surface area contributed by atoms with Crippen molar-refractivity contribution in [1.82, 2.24) is 0 Å². The molecule has 0 aliphatic rings. The lowest BCUT2D eigenvalue weighted by Gasteiger charge is -2.05. The molecule has 0 radical (unpaired) electrons. The lowest BCUT2D eigenvalue weighted by atomic mass is 10.3. The van der Waals surface area contributed by atoms with Gasteiger partial charge in [-0.05, 0) is 12.8 Å². The van der Waals surface area contributed by atoms with E-state index >= 15 is 0 Å². The zero-order valence-electron chi connectivity index (χ0n) is 10.3. The first kappa shape index (κ1) is 14.9. The van der Waals surface area contributed by atoms with Crippen LogP contribution >= 0.6 is 0 Å². The van der Waals surface area contributed by atoms with E-state index in [4.69, 9.17) is 14.2 Å². The Hall–Kier alpha value is -0.120. The van der Waals surface area contributed by atoms with Crippen LogP contribution in [0.4, 0.5) is 0 Å². The molecule has 0 rings (SSSR count). The first-order valence-corrected chi connectivity index (χ1v) is 6.15. The summed E-state index contributed by atoms with van der Waals surface area (Å²) in [6.45, 7) is 8.76. The molecule has 0 aliphatic heterocycles. The van der Waals surface area contributed by atoms with E-state index in [1.54, 1.807) is 0 Å². The third-order valence-electron chi connectivity index (χ3n) is 1.98. The molecule has 0 aromatic carbocycles. The molecule has 0 aromatic heterocycles. The van der Waals surface area contributed by atoms with Crippen LogP contribution in [0.3, 0.4) is 0 Å². The second-order valence-electron chi connectivity index (χ2n) is 3.54. The van der Waals surface area contributed by atoms with E-state index < -0.39 is 0 Å². The van der Waals surface area contributed by atoms with E-state index in [2.05, 4.69) is 13.8 Å². The van der Waals surface area contributed by atoms with E-state index in [-0.39, 0.29) is 0 Å². The second-order valence-corrected chi connectivity index (χ2v) is 3.54. The smallest absolute Gasteiger partial charge is 0.0701 e. The van der Waals surface area contributed by atoms with E-state index in [0.29, 0.717) is 26.4 Å². The summed E-state index contributed by atoms with van der Waals surface area (Å²) in [6.07, 6.45) is 4.73. The zero-order valence-corrected chi connectivity index (χ0v) is 10.3. The molecule has 0 N–H and O–H groups in total. The van der Waals surface area contributed by atoms with Crippen molar-refractivity contribution in [3.05, 3.63) is 0 Å². The molecular formula is C12H26O3. The van der Waals surface area contributed by atoms with Crippen molar-refractivity contribution in [2.24, 2.45) is 0 Å². The van der Waals surface area contributed by atoms with Crippen molar-refractivity contribution in [2.75, 3.05) is 39.6 Å². The van der Waals surface area contributed by atoms with Gasteiger partial charge in [-0.2, -0.15) is 0 Å². The van der Waals surface area contributed by atoms with Gasteiger partial charge in [-0.25, -0.2) is 0 Å². The minimum Gasteiger partial charge on any atom is -0.379 e. The summed E-state index contributed by atoms with van der Waals surface area (Å²) in [6, 6.07) is 0. The van der Waals surface area contributed by atoms with Crippen molar-refractivity contribution in [2.45, 2.75) is 39.5 Å². The quantitative estimate of drug-likeness (QED) is 0.471. The predicted molar refractivity (Wildman–Crippen MR) is 62.3 cm³/mol. The summed E-state index contributed by atoms with van der Waals surface area (Å²) in [5.41, 5.74) is 0. The maximum Gasteiger partial charge on any atom is 0.0701 e. The van der Waals surface area contributed by atoms with Crippen LogP contribution in [0.2, 0.25) is 0 Å². The Bertz CT molecular complexity index is 95.0. The lowest BCUT2D eigenvalue weighted by Crippen LogP contribution is -2.10. The fraction of sp³-hybridized carbons (Fsp3) is 1.00. The fourth-order valence-electron chi connectivity index (χ4n) is 1.14. The SMILES string of the molecule is CCCCCOCCOCCOCCC. The number of hydrogen-bond acceptors (Lipinski definition) is 3. The minimum atomic E-state index is 0.679. The van der Waals surface area contributed by atoms with Crippen molar-refractivity contribution < 1.29 is 14.2 Å². The maximum absolute atomic E-state index is 5.40. The average molecular weight is 218 g/mol. The minimum absolute atomic E-state index is 0.679. The molecule has 3 heteroatoms. The molecule has 0 bridgehead atoms. The highest BCUT2D eigenvalue weighted by Gasteiger charge is 1.91. The van der Waals surface area contributed by atoms with Gasteiger partial charge in [0.25, 0.3) is 0 Å². The molecular weight excluding hydrogens is 192 g/mol. The van der Waals surface area contributed by atoms with E-state index in [1.165, 1.54) is 12.8 Å². The van der Waals surface area contributed by atoms with Gasteiger partial charge in [-0.15, -0.1) is 0 Å². The van der Waals surface area contributed by atoms with Gasteiger partial charge in [0.05, 0.1) is 26.4 Å². The number of rotatable bonds is 12. The highest BCUT2D eigenvalue weighted by atomic mass is 16.5. The Morgan fingerprint density at radius 3 is 1.60 bits per heavy atom. The van der Waals surface area contributed by atoms with Gasteiger partial charge in [0.15, 0.2) is 0 Å². The standard InChI is InChI=1S/C12H26O3/c1-3-5-6-8-14-10-12-15-11-9-13-7-4-2/h3-12H2,1-2H3. The summed E-state index contributed by atoms with van der Waals surface area (Å²) >= 11 is 0. The lowest BCUT2D eigenvalue weighted by molar-refractivity contribution is 0.0140. The Morgan fingerprint density at radius 2 is 1.07 bits per heavy atom. The van der Waals surface area contributed by atoms with Crippen molar-refractivity contribution in [3.8, 4) is 0 Å². The summed E-state index contributed by atoms with van der Waals surface area (Å²) in [4.78, 5) is 0. The van der Waals surface area contributed by atoms with Gasteiger partial charge in [0, 0.05) is 13.2 Å². The summed E-state index contributed by atoms with van der Waals surface area (Å²) in [7, 11) is 0. The number of hydrogen-bond donors (Lipinski definition) is 0. The molecule has 0 spiro atoms. The molecule has 0 saturated heterocycles. The van der Waals surface area contributed by atoms with Gasteiger partial charge in [-0.3, -0.25) is 0 Å². The van der Waals surface area contributed by atoms with Crippen LogP contribution in [0.5, 0.6) is 0 Å². The van der Waals surface area contributed by atoms with Crippen LogP contribution in [0.25, 0.3) is 0 Å². The third kappa shape index (κ3) is 13.9. The predicted octanol–water partition coefficient (Wildman–Crippen LogP) is 2.64. The Kier molecular flexibility index (Phi) is 13.8. The molecule has 0 heterocycles. The molecule has 0 unspecified atom stereocenters. The Balaban J connectivity index is 2.81. The van der Waals surface area contributed by atoms with Crippen LogP contribution in [0, 0.1) is 0 Å². The molecule has 92 valence electrons. The number of unbranched alkanes of at least 4 members (excludes halogenated alkanes) is 2. The summed E-state index contributed by atoms with van der Waals surface area (Å²) in [5, 5.41) is 0. The van der Waals surface area contributed by atoms with E-state index in [0.717, 1.165) is 26.1 Å². The summed E-state index contributed by atoms with van der Waals surface area (Å²) in [5.74, 6) is 0. The van der Waals surface area contributed by atoms with Gasteiger partial charge in [0.1, 0.15) is 0 Å². The third-order valence-corrected chi connectivity index (χ3v) is 1.98. The normalized spacial score (nSPS) is 10.8. The molecule has 15 heavy (non-hydrogen) atoms. The molecule has 0 atom stereocenters. The molecule has 0 amide bonds. The van der Waals surface area contributed by atoms with Gasteiger partial charge in [0.2, 0.25) is 0 Å². The average Bonchev–Trinajstić information content (AvgIpc) is 2.26. The maximum atomic E-state index is 5.40. The second kappa shape index (κ2) is 13.9. The van der Waals surface area contributed by atoms with Crippen LogP contribution < -0.4 is 0 Å². The van der Waals surface area contributed by atoms with Crippen molar-refractivity contribution in [1.29, 1.82) is 0 Å². The Labute approximate surface area is 94.1 Å². The number of ether oxygens (including phenoxy) is 3. The van der Waals surface area contributed by atoms with E-state index in [1.807, 2.05) is 0 Å². The van der Waals surface area contributed by atoms with E-state index in [9.17, 15) is 0 Å². The molecule has 0 saturated carbocycles. The molecule has 0 fully saturated rings. The first-order chi connectivity index (χ1) is 7.41. The van der Waals surface area contributed by atoms with Crippen molar-refractivity contribution >= 4 is 0 Å². The highest BCUT2D eigenvalue weighted by molar-refractivity contribution is 4.37. The van der Waals surface area contributed by atoms with Crippen LogP contribution in [-0.4, -0.2) is 39.6 Å². The topological polar surface area (TPSA) is 27.7 Å². The first-order valence-electron chi connectivity index (χ1n) is 6.15. The fourth-order valence-corrected chi connectivity index (χ4v) is 1.14. The zero-order chi connectivity index (χ0) is 11.2. The van der Waals surface area contributed by atoms with Gasteiger partial charge >= 0.3 is 0 Å². The molecule has 0 aliphatic carbocycles. The van der Waals surface area contributed by atoms with Gasteiger partial charge < -0.3 is 14.2 Å². The van der Waals surface area contributed by atoms with Crippen molar-refractivity contribution in [3.63, 3.8) is 0 Å². The molecule has 3 nitrogen and oxygen atoms in total. The highest BCUT2D eigenvalue weighted by Crippen LogP contribution is 1.93. The largest absolute Gasteiger partial charge is 0.379 e. The molecule has 0 aromatic rings. The van der Waals surface area contributed by atoms with Crippen LogP contribution in [0.1, 0.15) is 39.5 Å². The van der Waals surface area contributed by atoms with Gasteiger partial charge in [-0.1, -0.05) is 26.7 Å².